The fraction of sp³-hybridized carbons (Fsp3) is 0.280. The molecule has 1 saturated heterocycles. The van der Waals surface area contributed by atoms with Crippen LogP contribution in [0, 0.1) is 13.8 Å². The van der Waals surface area contributed by atoms with Crippen LogP contribution < -0.4 is 15.6 Å². The molecule has 0 spiro atoms. The molecule has 0 bridgehead atoms. The molecule has 5 heterocycles. The molecule has 1 aliphatic heterocycles. The fourth-order valence-corrected chi connectivity index (χ4v) is 5.72. The van der Waals surface area contributed by atoms with Crippen molar-refractivity contribution in [2.24, 2.45) is 0 Å². The highest BCUT2D eigenvalue weighted by atomic mass is 32.1. The normalized spacial score (nSPS) is 14.3. The van der Waals surface area contributed by atoms with E-state index < -0.39 is 5.91 Å². The van der Waals surface area contributed by atoms with E-state index in [0.29, 0.717) is 46.4 Å². The van der Waals surface area contributed by atoms with Crippen LogP contribution in [0.15, 0.2) is 45.6 Å². The van der Waals surface area contributed by atoms with Gasteiger partial charge >= 0.3 is 0 Å². The number of hydrogen-bond acceptors (Lipinski definition) is 8. The first-order valence-corrected chi connectivity index (χ1v) is 12.2. The molecule has 1 aromatic carbocycles. The Morgan fingerprint density at radius 2 is 1.91 bits per heavy atom. The summed E-state index contributed by atoms with van der Waals surface area (Å²) >= 11 is 1.41. The van der Waals surface area contributed by atoms with Gasteiger partial charge in [0.25, 0.3) is 5.91 Å². The quantitative estimate of drug-likeness (QED) is 0.413. The molecule has 0 aliphatic carbocycles. The van der Waals surface area contributed by atoms with Crippen molar-refractivity contribution < 1.29 is 13.9 Å². The maximum absolute atomic E-state index is 13.7. The van der Waals surface area contributed by atoms with Crippen LogP contribution in [0.1, 0.15) is 27.7 Å². The summed E-state index contributed by atoms with van der Waals surface area (Å²) < 4.78 is 13.8. The Bertz CT molecular complexity index is 1660. The molecule has 10 heteroatoms. The van der Waals surface area contributed by atoms with Crippen LogP contribution in [0.2, 0.25) is 0 Å². The Morgan fingerprint density at radius 1 is 1.11 bits per heavy atom. The van der Waals surface area contributed by atoms with Gasteiger partial charge in [0.05, 0.1) is 35.4 Å². The molecule has 0 saturated carbocycles. The summed E-state index contributed by atoms with van der Waals surface area (Å²) in [5.41, 5.74) is 1.86. The van der Waals surface area contributed by atoms with Crippen molar-refractivity contribution in [3.63, 3.8) is 0 Å². The summed E-state index contributed by atoms with van der Waals surface area (Å²) in [5.74, 6) is 1.52. The van der Waals surface area contributed by atoms with Crippen molar-refractivity contribution >= 4 is 49.1 Å². The van der Waals surface area contributed by atoms with Crippen molar-refractivity contribution in [1.29, 1.82) is 0 Å². The number of aromatic nitrogens is 3. The first kappa shape index (κ1) is 21.8. The molecule has 1 fully saturated rings. The van der Waals surface area contributed by atoms with Crippen molar-refractivity contribution in [1.82, 2.24) is 19.7 Å². The van der Waals surface area contributed by atoms with Gasteiger partial charge in [-0.1, -0.05) is 12.1 Å². The molecule has 5 aromatic rings. The highest BCUT2D eigenvalue weighted by Crippen LogP contribution is 2.31. The second kappa shape index (κ2) is 8.47. The van der Waals surface area contributed by atoms with Gasteiger partial charge in [0, 0.05) is 20.0 Å². The molecule has 0 radical (unpaired) electrons. The minimum absolute atomic E-state index is 0.109. The Morgan fingerprint density at radius 3 is 2.69 bits per heavy atom. The van der Waals surface area contributed by atoms with Crippen molar-refractivity contribution in [3.05, 3.63) is 69.5 Å². The molecule has 9 nitrogen and oxygen atoms in total. The molecule has 178 valence electrons. The minimum atomic E-state index is -0.446. The van der Waals surface area contributed by atoms with E-state index in [0.717, 1.165) is 29.1 Å². The van der Waals surface area contributed by atoms with Crippen LogP contribution in [0.25, 0.3) is 26.1 Å². The van der Waals surface area contributed by atoms with Gasteiger partial charge < -0.3 is 19.4 Å². The number of para-hydroxylation sites is 1. The van der Waals surface area contributed by atoms with E-state index in [1.165, 1.54) is 11.3 Å². The van der Waals surface area contributed by atoms with Gasteiger partial charge in [0.2, 0.25) is 5.43 Å². The molecule has 0 atom stereocenters. The van der Waals surface area contributed by atoms with Crippen LogP contribution in [-0.4, -0.2) is 46.6 Å². The van der Waals surface area contributed by atoms with Gasteiger partial charge in [-0.2, -0.15) is 0 Å². The summed E-state index contributed by atoms with van der Waals surface area (Å²) in [7, 11) is 0. The molecule has 1 N–H and O–H groups in total. The number of morpholine rings is 1. The number of nitrogens with zero attached hydrogens (tertiary/aromatic N) is 4. The Labute approximate surface area is 204 Å². The van der Waals surface area contributed by atoms with E-state index in [2.05, 4.69) is 15.2 Å². The predicted octanol–water partition coefficient (Wildman–Crippen LogP) is 3.43. The number of carbonyl (C=O) groups excluding carboxylic acids is 1. The van der Waals surface area contributed by atoms with Gasteiger partial charge in [-0.05, 0) is 31.2 Å². The molecule has 1 amide bonds. The van der Waals surface area contributed by atoms with Gasteiger partial charge in [-0.25, -0.2) is 9.97 Å². The van der Waals surface area contributed by atoms with Crippen LogP contribution in [0.3, 0.4) is 0 Å². The van der Waals surface area contributed by atoms with Crippen LogP contribution >= 0.6 is 11.3 Å². The van der Waals surface area contributed by atoms with E-state index in [-0.39, 0.29) is 17.5 Å². The number of hydrogen-bond donors (Lipinski definition) is 1. The van der Waals surface area contributed by atoms with Crippen molar-refractivity contribution in [2.75, 3.05) is 31.2 Å². The molecular weight excluding hydrogens is 466 g/mol. The Balaban J connectivity index is 1.53. The first-order chi connectivity index (χ1) is 17.0. The third kappa shape index (κ3) is 3.65. The smallest absolute Gasteiger partial charge is 0.258 e. The highest BCUT2D eigenvalue weighted by Gasteiger charge is 2.24. The summed E-state index contributed by atoms with van der Waals surface area (Å²) in [6, 6.07) is 11.5. The monoisotopic (exact) mass is 489 g/mol. The van der Waals surface area contributed by atoms with Gasteiger partial charge in [0.15, 0.2) is 11.5 Å². The average molecular weight is 490 g/mol. The van der Waals surface area contributed by atoms with Crippen molar-refractivity contribution in [2.45, 2.75) is 20.4 Å². The van der Waals surface area contributed by atoms with E-state index in [1.807, 2.05) is 34.7 Å². The lowest BCUT2D eigenvalue weighted by molar-refractivity contribution is 0.0951. The minimum Gasteiger partial charge on any atom is -0.446 e. The summed E-state index contributed by atoms with van der Waals surface area (Å²) in [6.07, 6.45) is 0. The molecular formula is C25H23N5O4S. The molecule has 4 aromatic heterocycles. The number of benzene rings is 1. The highest BCUT2D eigenvalue weighted by molar-refractivity contribution is 7.24. The topological polar surface area (TPSA) is 102 Å². The molecule has 6 rings (SSSR count). The standard InChI is InChI=1S/C25H23N5O4S/c1-14-17(27-15(2)34-14)13-26-24(32)21-22(31)16-7-8-20(29-9-11-33-12-10-29)28-23(16)30-18-5-3-4-6-19(18)35-25(21)30/h3-8H,9-13H2,1-2H3,(H,26,32). The fourth-order valence-electron chi connectivity index (χ4n) is 4.54. The summed E-state index contributed by atoms with van der Waals surface area (Å²) in [6.45, 7) is 6.48. The Kier molecular flexibility index (Phi) is 5.27. The summed E-state index contributed by atoms with van der Waals surface area (Å²) in [5, 5.41) is 3.27. The average Bonchev–Trinajstić information content (AvgIpc) is 3.41. The largest absolute Gasteiger partial charge is 0.446 e. The molecule has 35 heavy (non-hydrogen) atoms. The van der Waals surface area contributed by atoms with Crippen molar-refractivity contribution in [3.8, 4) is 0 Å². The van der Waals surface area contributed by atoms with E-state index in [9.17, 15) is 9.59 Å². The SMILES string of the molecule is Cc1nc(CNC(=O)c2c(=O)c3ccc(N4CCOCC4)nc3n3c2sc2ccccc23)c(C)o1. The second-order valence-electron chi connectivity index (χ2n) is 8.47. The number of thiazole rings is 1. The Hall–Kier alpha value is -3.76. The molecule has 1 aliphatic rings. The van der Waals surface area contributed by atoms with Crippen LogP contribution in [0.4, 0.5) is 5.82 Å². The van der Waals surface area contributed by atoms with Crippen LogP contribution in [-0.2, 0) is 11.3 Å². The lowest BCUT2D eigenvalue weighted by Gasteiger charge is -2.27. The number of nitrogens with one attached hydrogen (secondary N) is 1. The number of pyridine rings is 2. The number of amides is 1. The van der Waals surface area contributed by atoms with Gasteiger partial charge in [-0.15, -0.1) is 11.3 Å². The zero-order valence-corrected chi connectivity index (χ0v) is 20.1. The number of anilines is 1. The number of rotatable bonds is 4. The van der Waals surface area contributed by atoms with E-state index in [4.69, 9.17) is 14.1 Å². The molecule has 0 unspecified atom stereocenters. The number of fused-ring (bicyclic) bond motifs is 5. The summed E-state index contributed by atoms with van der Waals surface area (Å²) in [4.78, 5) is 39.0. The maximum Gasteiger partial charge on any atom is 0.258 e. The van der Waals surface area contributed by atoms with Crippen LogP contribution in [0.5, 0.6) is 0 Å². The number of ether oxygens (including phenoxy) is 1. The maximum atomic E-state index is 13.7. The first-order valence-electron chi connectivity index (χ1n) is 11.4. The number of carbonyl (C=O) groups is 1. The van der Waals surface area contributed by atoms with Gasteiger partial charge in [0.1, 0.15) is 27.7 Å². The zero-order valence-electron chi connectivity index (χ0n) is 19.3. The second-order valence-corrected chi connectivity index (χ2v) is 9.50. The van der Waals surface area contributed by atoms with Gasteiger partial charge in [-0.3, -0.25) is 14.0 Å². The van der Waals surface area contributed by atoms with E-state index in [1.54, 1.807) is 19.9 Å². The lowest BCUT2D eigenvalue weighted by atomic mass is 10.1. The number of oxazole rings is 1. The third-order valence-electron chi connectivity index (χ3n) is 6.25. The lowest BCUT2D eigenvalue weighted by Crippen LogP contribution is -2.36. The zero-order chi connectivity index (χ0) is 24.1. The predicted molar refractivity (Wildman–Crippen MR) is 135 cm³/mol. The van der Waals surface area contributed by atoms with E-state index >= 15 is 0 Å². The number of aryl methyl sites for hydroxylation is 2. The third-order valence-corrected chi connectivity index (χ3v) is 7.40.